The van der Waals surface area contributed by atoms with Crippen molar-refractivity contribution < 1.29 is 19.4 Å². The minimum absolute atomic E-state index is 0.170. The number of ether oxygens (including phenoxy) is 1. The number of methoxy groups -OCH3 is 1. The molecule has 0 aromatic rings. The predicted octanol–water partition coefficient (Wildman–Crippen LogP) is -0.0476. The highest BCUT2D eigenvalue weighted by molar-refractivity contribution is 7.98. The van der Waals surface area contributed by atoms with Crippen molar-refractivity contribution in [1.29, 1.82) is 5.26 Å². The number of carbonyl (C=O) groups excluding carboxylic acids is 1. The summed E-state index contributed by atoms with van der Waals surface area (Å²) in [4.78, 5) is 22.6. The summed E-state index contributed by atoms with van der Waals surface area (Å²) < 4.78 is 4.77. The van der Waals surface area contributed by atoms with Gasteiger partial charge in [-0.25, -0.2) is 4.79 Å². The number of rotatable bonds is 10. The van der Waals surface area contributed by atoms with Crippen molar-refractivity contribution in [3.8, 4) is 6.07 Å². The van der Waals surface area contributed by atoms with Gasteiger partial charge in [0.1, 0.15) is 17.7 Å². The Morgan fingerprint density at radius 2 is 2.25 bits per heavy atom. The van der Waals surface area contributed by atoms with E-state index in [9.17, 15) is 9.59 Å². The van der Waals surface area contributed by atoms with Gasteiger partial charge in [0.05, 0.1) is 6.61 Å². The number of thioether (sulfide) groups is 1. The van der Waals surface area contributed by atoms with E-state index in [1.807, 2.05) is 6.26 Å². The Hall–Kier alpha value is -1.72. The van der Waals surface area contributed by atoms with Gasteiger partial charge in [-0.3, -0.25) is 4.79 Å². The van der Waals surface area contributed by atoms with Gasteiger partial charge in [0.2, 0.25) is 0 Å². The van der Waals surface area contributed by atoms with Crippen LogP contribution in [-0.4, -0.2) is 55.3 Å². The number of carboxylic acid groups (broad SMARTS) is 1. The zero-order chi connectivity index (χ0) is 15.4. The first-order chi connectivity index (χ1) is 9.56. The van der Waals surface area contributed by atoms with Gasteiger partial charge in [0.15, 0.2) is 0 Å². The summed E-state index contributed by atoms with van der Waals surface area (Å²) in [5.74, 6) is -0.918. The second kappa shape index (κ2) is 11.1. The van der Waals surface area contributed by atoms with E-state index < -0.39 is 17.9 Å². The van der Waals surface area contributed by atoms with E-state index in [0.29, 0.717) is 18.8 Å². The number of amides is 1. The maximum Gasteiger partial charge on any atom is 0.326 e. The fourth-order valence-corrected chi connectivity index (χ4v) is 1.68. The molecule has 0 aliphatic carbocycles. The number of hydrogen-bond acceptors (Lipinski definition) is 6. The van der Waals surface area contributed by atoms with Crippen LogP contribution in [0.4, 0.5) is 0 Å². The van der Waals surface area contributed by atoms with Gasteiger partial charge in [0.25, 0.3) is 5.91 Å². The molecule has 1 amide bonds. The maximum absolute atomic E-state index is 11.6. The topological polar surface area (TPSA) is 111 Å². The lowest BCUT2D eigenvalue weighted by Crippen LogP contribution is -2.35. The lowest BCUT2D eigenvalue weighted by atomic mass is 10.2. The van der Waals surface area contributed by atoms with Crippen molar-refractivity contribution in [3.05, 3.63) is 11.8 Å². The molecule has 0 saturated carbocycles. The molecule has 7 nitrogen and oxygen atoms in total. The molecule has 0 bridgehead atoms. The quantitative estimate of drug-likeness (QED) is 0.295. The molecule has 1 unspecified atom stereocenters. The average molecular weight is 301 g/mol. The first-order valence-electron chi connectivity index (χ1n) is 5.92. The fraction of sp³-hybridized carbons (Fsp3) is 0.583. The molecule has 0 aliphatic heterocycles. The van der Waals surface area contributed by atoms with E-state index in [0.717, 1.165) is 6.20 Å². The van der Waals surface area contributed by atoms with Crippen LogP contribution in [0, 0.1) is 11.3 Å². The van der Waals surface area contributed by atoms with Crippen LogP contribution in [0.25, 0.3) is 0 Å². The van der Waals surface area contributed by atoms with Crippen LogP contribution in [-0.2, 0) is 14.3 Å². The van der Waals surface area contributed by atoms with Gasteiger partial charge in [-0.15, -0.1) is 0 Å². The van der Waals surface area contributed by atoms with Gasteiger partial charge < -0.3 is 20.5 Å². The standard InChI is InChI=1S/C12H19N3O4S/c1-19-5-4-14-11(16)9(7-13)8-15-10(12(17)18)3-6-20-2/h8,10,15H,3-6H2,1-2H3,(H,14,16)(H,17,18)/b9-8-. The Labute approximate surface area is 122 Å². The molecule has 20 heavy (non-hydrogen) atoms. The second-order valence-corrected chi connectivity index (χ2v) is 4.74. The number of carbonyl (C=O) groups is 2. The van der Waals surface area contributed by atoms with Crippen LogP contribution < -0.4 is 10.6 Å². The van der Waals surface area contributed by atoms with Crippen molar-refractivity contribution in [1.82, 2.24) is 10.6 Å². The Morgan fingerprint density at radius 3 is 2.75 bits per heavy atom. The normalized spacial score (nSPS) is 12.3. The molecular formula is C12H19N3O4S. The van der Waals surface area contributed by atoms with Gasteiger partial charge in [0, 0.05) is 19.9 Å². The number of hydrogen-bond donors (Lipinski definition) is 3. The summed E-state index contributed by atoms with van der Waals surface area (Å²) in [6.07, 6.45) is 3.41. The van der Waals surface area contributed by atoms with E-state index in [2.05, 4.69) is 10.6 Å². The molecule has 0 spiro atoms. The van der Waals surface area contributed by atoms with E-state index in [-0.39, 0.29) is 12.1 Å². The summed E-state index contributed by atoms with van der Waals surface area (Å²) in [5, 5.41) is 22.9. The number of carboxylic acids is 1. The lowest BCUT2D eigenvalue weighted by molar-refractivity contribution is -0.139. The van der Waals surface area contributed by atoms with Crippen molar-refractivity contribution in [2.75, 3.05) is 32.3 Å². The zero-order valence-corrected chi connectivity index (χ0v) is 12.3. The molecule has 0 rings (SSSR count). The van der Waals surface area contributed by atoms with Crippen LogP contribution in [0.3, 0.4) is 0 Å². The molecule has 8 heteroatoms. The third kappa shape index (κ3) is 7.66. The van der Waals surface area contributed by atoms with Crippen molar-refractivity contribution in [3.63, 3.8) is 0 Å². The SMILES string of the molecule is COCCNC(=O)/C(C#N)=C\NC(CCSC)C(=O)O. The molecule has 0 aromatic carbocycles. The van der Waals surface area contributed by atoms with Crippen molar-refractivity contribution >= 4 is 23.6 Å². The molecule has 0 saturated heterocycles. The highest BCUT2D eigenvalue weighted by Crippen LogP contribution is 2.02. The fourth-order valence-electron chi connectivity index (χ4n) is 1.21. The minimum atomic E-state index is -1.02. The number of nitrogens with zero attached hydrogens (tertiary/aromatic N) is 1. The van der Waals surface area contributed by atoms with Crippen molar-refractivity contribution in [2.24, 2.45) is 0 Å². The summed E-state index contributed by atoms with van der Waals surface area (Å²) in [5.41, 5.74) is -0.170. The highest BCUT2D eigenvalue weighted by atomic mass is 32.2. The van der Waals surface area contributed by atoms with Crippen LogP contribution in [0.2, 0.25) is 0 Å². The molecule has 0 fully saturated rings. The number of nitrogens with one attached hydrogen (secondary N) is 2. The van der Waals surface area contributed by atoms with E-state index in [1.54, 1.807) is 6.07 Å². The average Bonchev–Trinajstić information content (AvgIpc) is 2.42. The Kier molecular flexibility index (Phi) is 10.2. The summed E-state index contributed by atoms with van der Waals surface area (Å²) in [6, 6.07) is 0.905. The molecule has 112 valence electrons. The van der Waals surface area contributed by atoms with Gasteiger partial charge in [-0.05, 0) is 18.4 Å². The lowest BCUT2D eigenvalue weighted by Gasteiger charge is -2.12. The third-order valence-corrected chi connectivity index (χ3v) is 2.94. The molecule has 0 aromatic heterocycles. The van der Waals surface area contributed by atoms with E-state index in [1.165, 1.54) is 18.9 Å². The Balaban J connectivity index is 4.51. The summed E-state index contributed by atoms with van der Waals surface area (Å²) in [6.45, 7) is 0.618. The van der Waals surface area contributed by atoms with Gasteiger partial charge >= 0.3 is 5.97 Å². The van der Waals surface area contributed by atoms with Crippen LogP contribution in [0.15, 0.2) is 11.8 Å². The Morgan fingerprint density at radius 1 is 1.55 bits per heavy atom. The molecule has 1 atom stereocenters. The van der Waals surface area contributed by atoms with Gasteiger partial charge in [-0.1, -0.05) is 0 Å². The largest absolute Gasteiger partial charge is 0.480 e. The van der Waals surface area contributed by atoms with Crippen LogP contribution >= 0.6 is 11.8 Å². The number of aliphatic carboxylic acids is 1. The Bertz CT molecular complexity index is 393. The first-order valence-corrected chi connectivity index (χ1v) is 7.31. The smallest absolute Gasteiger partial charge is 0.326 e. The minimum Gasteiger partial charge on any atom is -0.480 e. The molecule has 0 radical (unpaired) electrons. The molecule has 0 aliphatic rings. The first kappa shape index (κ1) is 18.3. The number of nitriles is 1. The maximum atomic E-state index is 11.6. The summed E-state index contributed by atoms with van der Waals surface area (Å²) >= 11 is 1.53. The monoisotopic (exact) mass is 301 g/mol. The zero-order valence-electron chi connectivity index (χ0n) is 11.5. The third-order valence-electron chi connectivity index (χ3n) is 2.29. The summed E-state index contributed by atoms with van der Waals surface area (Å²) in [7, 11) is 1.50. The molecular weight excluding hydrogens is 282 g/mol. The van der Waals surface area contributed by atoms with Crippen LogP contribution in [0.1, 0.15) is 6.42 Å². The highest BCUT2D eigenvalue weighted by Gasteiger charge is 2.16. The van der Waals surface area contributed by atoms with Crippen molar-refractivity contribution in [2.45, 2.75) is 12.5 Å². The molecule has 3 N–H and O–H groups in total. The molecule has 0 heterocycles. The van der Waals surface area contributed by atoms with Gasteiger partial charge in [-0.2, -0.15) is 17.0 Å². The predicted molar refractivity (Wildman–Crippen MR) is 76.1 cm³/mol. The van der Waals surface area contributed by atoms with Crippen LogP contribution in [0.5, 0.6) is 0 Å². The second-order valence-electron chi connectivity index (χ2n) is 3.76. The van der Waals surface area contributed by atoms with E-state index >= 15 is 0 Å². The van der Waals surface area contributed by atoms with E-state index in [4.69, 9.17) is 15.1 Å².